The third kappa shape index (κ3) is 4.17. The minimum absolute atomic E-state index is 0.209. The van der Waals surface area contributed by atoms with Gasteiger partial charge in [-0.05, 0) is 48.2 Å². The topological polar surface area (TPSA) is 24.1 Å². The van der Waals surface area contributed by atoms with Crippen LogP contribution in [0.4, 0.5) is 4.39 Å². The number of thiocarbonyl (C=S) groups is 1. The molecular formula is C16H23FN2S. The van der Waals surface area contributed by atoms with E-state index in [0.717, 1.165) is 11.5 Å². The molecule has 2 N–H and O–H groups in total. The van der Waals surface area contributed by atoms with E-state index in [0.29, 0.717) is 23.6 Å². The normalized spacial score (nSPS) is 26.1. The van der Waals surface area contributed by atoms with E-state index in [2.05, 4.69) is 24.5 Å². The van der Waals surface area contributed by atoms with Gasteiger partial charge in [0.1, 0.15) is 5.82 Å². The summed E-state index contributed by atoms with van der Waals surface area (Å²) in [7, 11) is 0. The van der Waals surface area contributed by atoms with Gasteiger partial charge < -0.3 is 10.6 Å². The van der Waals surface area contributed by atoms with Crippen molar-refractivity contribution in [2.24, 2.45) is 11.8 Å². The quantitative estimate of drug-likeness (QED) is 0.833. The Morgan fingerprint density at radius 3 is 2.65 bits per heavy atom. The van der Waals surface area contributed by atoms with E-state index in [9.17, 15) is 4.39 Å². The van der Waals surface area contributed by atoms with Crippen LogP contribution in [0.3, 0.4) is 0 Å². The number of nitrogens with one attached hydrogen (secondary N) is 2. The molecule has 1 aromatic rings. The van der Waals surface area contributed by atoms with Crippen molar-refractivity contribution in [3.05, 3.63) is 35.6 Å². The lowest BCUT2D eigenvalue weighted by atomic mass is 9.78. The summed E-state index contributed by atoms with van der Waals surface area (Å²) in [5.41, 5.74) is 1.03. The zero-order valence-electron chi connectivity index (χ0n) is 12.2. The Bertz CT molecular complexity index is 446. The second kappa shape index (κ2) is 7.02. The standard InChI is InChI=1S/C16H23FN2S/c1-11-4-3-5-15(12(11)2)19-16(20)18-10-13-6-8-14(17)9-7-13/h6-9,11-12,15H,3-5,10H2,1-2H3,(H2,18,19,20)/t11-,12+,15-/m1/s1. The summed E-state index contributed by atoms with van der Waals surface area (Å²) in [5.74, 6) is 1.19. The van der Waals surface area contributed by atoms with Gasteiger partial charge in [0.2, 0.25) is 0 Å². The Morgan fingerprint density at radius 1 is 1.25 bits per heavy atom. The van der Waals surface area contributed by atoms with E-state index in [1.165, 1.54) is 31.4 Å². The van der Waals surface area contributed by atoms with Gasteiger partial charge in [-0.3, -0.25) is 0 Å². The Hall–Kier alpha value is -1.16. The van der Waals surface area contributed by atoms with Crippen molar-refractivity contribution in [3.63, 3.8) is 0 Å². The van der Waals surface area contributed by atoms with Crippen molar-refractivity contribution in [2.45, 2.75) is 45.7 Å². The van der Waals surface area contributed by atoms with E-state index in [4.69, 9.17) is 12.2 Å². The first-order valence-electron chi connectivity index (χ1n) is 7.35. The SMILES string of the molecule is C[C@H]1[C@H](C)CCC[C@H]1NC(=S)NCc1ccc(F)cc1. The van der Waals surface area contributed by atoms with E-state index in [1.54, 1.807) is 12.1 Å². The van der Waals surface area contributed by atoms with Crippen LogP contribution in [0, 0.1) is 17.7 Å². The Balaban J connectivity index is 1.79. The zero-order chi connectivity index (χ0) is 14.5. The van der Waals surface area contributed by atoms with Crippen molar-refractivity contribution in [1.82, 2.24) is 10.6 Å². The van der Waals surface area contributed by atoms with Crippen LogP contribution in [0.2, 0.25) is 0 Å². The lowest BCUT2D eigenvalue weighted by Crippen LogP contribution is -2.47. The highest BCUT2D eigenvalue weighted by atomic mass is 32.1. The van der Waals surface area contributed by atoms with Crippen LogP contribution in [-0.2, 0) is 6.54 Å². The molecule has 1 aromatic carbocycles. The van der Waals surface area contributed by atoms with Crippen molar-refractivity contribution in [3.8, 4) is 0 Å². The highest BCUT2D eigenvalue weighted by Crippen LogP contribution is 2.29. The highest BCUT2D eigenvalue weighted by molar-refractivity contribution is 7.80. The minimum Gasteiger partial charge on any atom is -0.360 e. The smallest absolute Gasteiger partial charge is 0.166 e. The number of hydrogen-bond donors (Lipinski definition) is 2. The van der Waals surface area contributed by atoms with Crippen LogP contribution in [0.5, 0.6) is 0 Å². The molecule has 4 heteroatoms. The Labute approximate surface area is 126 Å². The van der Waals surface area contributed by atoms with Gasteiger partial charge in [-0.15, -0.1) is 0 Å². The first-order chi connectivity index (χ1) is 9.56. The lowest BCUT2D eigenvalue weighted by Gasteiger charge is -2.35. The largest absolute Gasteiger partial charge is 0.360 e. The zero-order valence-corrected chi connectivity index (χ0v) is 13.0. The fourth-order valence-electron chi connectivity index (χ4n) is 2.79. The average Bonchev–Trinajstić information content (AvgIpc) is 2.43. The van der Waals surface area contributed by atoms with E-state index in [-0.39, 0.29) is 5.82 Å². The molecule has 20 heavy (non-hydrogen) atoms. The highest BCUT2D eigenvalue weighted by Gasteiger charge is 2.27. The number of hydrogen-bond acceptors (Lipinski definition) is 1. The van der Waals surface area contributed by atoms with E-state index < -0.39 is 0 Å². The van der Waals surface area contributed by atoms with Gasteiger partial charge in [-0.25, -0.2) is 4.39 Å². The van der Waals surface area contributed by atoms with Gasteiger partial charge in [0, 0.05) is 12.6 Å². The second-order valence-corrected chi connectivity index (χ2v) is 6.24. The molecule has 0 radical (unpaired) electrons. The first-order valence-corrected chi connectivity index (χ1v) is 7.76. The van der Waals surface area contributed by atoms with Gasteiger partial charge >= 0.3 is 0 Å². The van der Waals surface area contributed by atoms with Crippen molar-refractivity contribution in [2.75, 3.05) is 0 Å². The third-order valence-electron chi connectivity index (χ3n) is 4.39. The van der Waals surface area contributed by atoms with Crippen LogP contribution in [-0.4, -0.2) is 11.2 Å². The van der Waals surface area contributed by atoms with Gasteiger partial charge in [0.05, 0.1) is 0 Å². The van der Waals surface area contributed by atoms with E-state index >= 15 is 0 Å². The average molecular weight is 294 g/mol. The summed E-state index contributed by atoms with van der Waals surface area (Å²) in [5, 5.41) is 7.32. The number of rotatable bonds is 3. The maximum atomic E-state index is 12.8. The Kier molecular flexibility index (Phi) is 5.35. The summed E-state index contributed by atoms with van der Waals surface area (Å²) in [4.78, 5) is 0. The molecule has 1 aliphatic carbocycles. The molecule has 0 aliphatic heterocycles. The first kappa shape index (κ1) is 15.2. The maximum Gasteiger partial charge on any atom is 0.166 e. The molecular weight excluding hydrogens is 271 g/mol. The van der Waals surface area contributed by atoms with Crippen molar-refractivity contribution in [1.29, 1.82) is 0 Å². The monoisotopic (exact) mass is 294 g/mol. The summed E-state index contributed by atoms with van der Waals surface area (Å²) < 4.78 is 12.8. The summed E-state index contributed by atoms with van der Waals surface area (Å²) in [6.45, 7) is 5.24. The molecule has 1 saturated carbocycles. The minimum atomic E-state index is -0.209. The van der Waals surface area contributed by atoms with Crippen LogP contribution in [0.25, 0.3) is 0 Å². The van der Waals surface area contributed by atoms with Crippen LogP contribution < -0.4 is 10.6 Å². The molecule has 110 valence electrons. The molecule has 1 fully saturated rings. The predicted octanol–water partition coefficient (Wildman–Crippen LogP) is 3.61. The molecule has 0 heterocycles. The lowest BCUT2D eigenvalue weighted by molar-refractivity contribution is 0.224. The molecule has 0 bridgehead atoms. The van der Waals surface area contributed by atoms with E-state index in [1.807, 2.05) is 0 Å². The number of halogens is 1. The molecule has 0 saturated heterocycles. The molecule has 0 aromatic heterocycles. The Morgan fingerprint density at radius 2 is 1.95 bits per heavy atom. The van der Waals surface area contributed by atoms with Gasteiger partial charge in [-0.2, -0.15) is 0 Å². The molecule has 0 unspecified atom stereocenters. The van der Waals surface area contributed by atoms with Crippen LogP contribution in [0.1, 0.15) is 38.7 Å². The molecule has 2 rings (SSSR count). The summed E-state index contributed by atoms with van der Waals surface area (Å²) in [6.07, 6.45) is 3.77. The predicted molar refractivity (Wildman–Crippen MR) is 84.9 cm³/mol. The van der Waals surface area contributed by atoms with Crippen molar-refractivity contribution >= 4 is 17.3 Å². The third-order valence-corrected chi connectivity index (χ3v) is 4.65. The van der Waals surface area contributed by atoms with Crippen LogP contribution >= 0.6 is 12.2 Å². The molecule has 3 atom stereocenters. The second-order valence-electron chi connectivity index (χ2n) is 5.83. The van der Waals surface area contributed by atoms with Crippen LogP contribution in [0.15, 0.2) is 24.3 Å². The molecule has 1 aliphatic rings. The number of benzene rings is 1. The maximum absolute atomic E-state index is 12.8. The van der Waals surface area contributed by atoms with Gasteiger partial charge in [-0.1, -0.05) is 38.8 Å². The summed E-state index contributed by atoms with van der Waals surface area (Å²) >= 11 is 5.36. The van der Waals surface area contributed by atoms with Crippen molar-refractivity contribution < 1.29 is 4.39 Å². The van der Waals surface area contributed by atoms with Gasteiger partial charge in [0.15, 0.2) is 5.11 Å². The molecule has 2 nitrogen and oxygen atoms in total. The molecule has 0 amide bonds. The fraction of sp³-hybridized carbons (Fsp3) is 0.562. The molecule has 0 spiro atoms. The fourth-order valence-corrected chi connectivity index (χ4v) is 3.01. The van der Waals surface area contributed by atoms with Gasteiger partial charge in [0.25, 0.3) is 0 Å². The summed E-state index contributed by atoms with van der Waals surface area (Å²) in [6, 6.07) is 6.95.